The third kappa shape index (κ3) is 2.31. The smallest absolute Gasteiger partial charge is 0.0745 e. The second-order valence-electron chi connectivity index (χ2n) is 4.69. The molecule has 0 radical (unpaired) electrons. The zero-order valence-corrected chi connectivity index (χ0v) is 10.9. The van der Waals surface area contributed by atoms with Crippen LogP contribution in [0.25, 0.3) is 10.9 Å². The lowest BCUT2D eigenvalue weighted by Crippen LogP contribution is -2.15. The van der Waals surface area contributed by atoms with E-state index < -0.39 is 0 Å². The molecule has 0 amide bonds. The van der Waals surface area contributed by atoms with Crippen LogP contribution in [0.4, 0.5) is 11.4 Å². The molecule has 5 nitrogen and oxygen atoms in total. The monoisotopic (exact) mass is 268 g/mol. The summed E-state index contributed by atoms with van der Waals surface area (Å²) in [6.45, 7) is -0.00946. The van der Waals surface area contributed by atoms with Crippen LogP contribution in [0.15, 0.2) is 48.7 Å². The highest BCUT2D eigenvalue weighted by Crippen LogP contribution is 2.28. The van der Waals surface area contributed by atoms with Gasteiger partial charge in [0.25, 0.3) is 0 Å². The molecule has 0 saturated carbocycles. The van der Waals surface area contributed by atoms with E-state index in [2.05, 4.69) is 15.5 Å². The van der Waals surface area contributed by atoms with Crippen LogP contribution in [0.2, 0.25) is 0 Å². The highest BCUT2D eigenvalue weighted by molar-refractivity contribution is 5.88. The summed E-state index contributed by atoms with van der Waals surface area (Å²) in [6, 6.07) is 13.4. The summed E-state index contributed by atoms with van der Waals surface area (Å²) in [5, 5.41) is 20.7. The number of hydrogen-bond acceptors (Lipinski definition) is 4. The Labute approximate surface area is 116 Å². The van der Waals surface area contributed by atoms with Crippen LogP contribution in [0, 0.1) is 0 Å². The van der Waals surface area contributed by atoms with Crippen LogP contribution in [-0.2, 0) is 0 Å². The van der Waals surface area contributed by atoms with E-state index in [-0.39, 0.29) is 12.6 Å². The van der Waals surface area contributed by atoms with Crippen LogP contribution < -0.4 is 11.1 Å². The van der Waals surface area contributed by atoms with Gasteiger partial charge in [0.2, 0.25) is 0 Å². The number of fused-ring (bicyclic) bond motifs is 1. The molecule has 5 N–H and O–H groups in total. The molecule has 0 spiro atoms. The molecule has 0 aliphatic carbocycles. The number of nitrogens with one attached hydrogen (secondary N) is 2. The van der Waals surface area contributed by atoms with Gasteiger partial charge in [0.15, 0.2) is 0 Å². The number of aliphatic hydroxyl groups excluding tert-OH is 1. The quantitative estimate of drug-likeness (QED) is 0.547. The molecule has 20 heavy (non-hydrogen) atoms. The van der Waals surface area contributed by atoms with Crippen LogP contribution in [0.5, 0.6) is 0 Å². The minimum Gasteiger partial charge on any atom is -0.397 e. The predicted molar refractivity (Wildman–Crippen MR) is 80.4 cm³/mol. The number of nitrogens with two attached hydrogens (primary N) is 1. The SMILES string of the molecule is Nc1cc2cn[nH]c2cc1NC(CO)c1ccccc1. The van der Waals surface area contributed by atoms with Crippen LogP contribution in [-0.4, -0.2) is 21.9 Å². The van der Waals surface area contributed by atoms with E-state index in [1.807, 2.05) is 42.5 Å². The van der Waals surface area contributed by atoms with Gasteiger partial charge in [0.05, 0.1) is 35.7 Å². The average molecular weight is 268 g/mol. The molecule has 1 atom stereocenters. The first-order valence-electron chi connectivity index (χ1n) is 6.43. The third-order valence-corrected chi connectivity index (χ3v) is 3.32. The molecule has 0 fully saturated rings. The number of rotatable bonds is 4. The number of H-pyrrole nitrogens is 1. The van der Waals surface area contributed by atoms with Crippen molar-refractivity contribution in [1.29, 1.82) is 0 Å². The van der Waals surface area contributed by atoms with Crippen molar-refractivity contribution in [2.45, 2.75) is 6.04 Å². The lowest BCUT2D eigenvalue weighted by Gasteiger charge is -2.19. The molecule has 3 rings (SSSR count). The van der Waals surface area contributed by atoms with Gasteiger partial charge in [0, 0.05) is 5.39 Å². The van der Waals surface area contributed by atoms with Gasteiger partial charge in [0.1, 0.15) is 0 Å². The molecular weight excluding hydrogens is 252 g/mol. The summed E-state index contributed by atoms with van der Waals surface area (Å²) in [6.07, 6.45) is 1.73. The van der Waals surface area contributed by atoms with Gasteiger partial charge in [-0.1, -0.05) is 30.3 Å². The number of benzene rings is 2. The summed E-state index contributed by atoms with van der Waals surface area (Å²) in [5.74, 6) is 0. The Bertz CT molecular complexity index is 708. The number of nitrogens with zero attached hydrogens (tertiary/aromatic N) is 1. The highest BCUT2D eigenvalue weighted by Gasteiger charge is 2.12. The van der Waals surface area contributed by atoms with Gasteiger partial charge in [-0.25, -0.2) is 0 Å². The van der Waals surface area contributed by atoms with Crippen molar-refractivity contribution < 1.29 is 5.11 Å². The van der Waals surface area contributed by atoms with Crippen molar-refractivity contribution in [3.63, 3.8) is 0 Å². The Morgan fingerprint density at radius 1 is 1.25 bits per heavy atom. The number of anilines is 2. The summed E-state index contributed by atoms with van der Waals surface area (Å²) in [4.78, 5) is 0. The summed E-state index contributed by atoms with van der Waals surface area (Å²) < 4.78 is 0. The van der Waals surface area contributed by atoms with E-state index in [1.165, 1.54) is 0 Å². The second kappa shape index (κ2) is 5.22. The molecule has 102 valence electrons. The van der Waals surface area contributed by atoms with E-state index in [9.17, 15) is 5.11 Å². The molecule has 5 heteroatoms. The molecule has 3 aromatic rings. The fraction of sp³-hybridized carbons (Fsp3) is 0.133. The van der Waals surface area contributed by atoms with Crippen molar-refractivity contribution in [1.82, 2.24) is 10.2 Å². The molecule has 0 saturated heterocycles. The zero-order valence-electron chi connectivity index (χ0n) is 10.9. The third-order valence-electron chi connectivity index (χ3n) is 3.32. The van der Waals surface area contributed by atoms with Gasteiger partial charge in [-0.2, -0.15) is 5.10 Å². The molecule has 1 unspecified atom stereocenters. The molecule has 1 heterocycles. The van der Waals surface area contributed by atoms with E-state index in [1.54, 1.807) is 6.20 Å². The Hall–Kier alpha value is -2.53. The number of nitrogen functional groups attached to an aromatic ring is 1. The standard InChI is InChI=1S/C15H16N4O/c16-12-6-11-8-17-19-13(11)7-14(12)18-15(9-20)10-4-2-1-3-5-10/h1-8,15,18,20H,9,16H2,(H,17,19). The first-order valence-corrected chi connectivity index (χ1v) is 6.43. The lowest BCUT2D eigenvalue weighted by molar-refractivity contribution is 0.276. The molecule has 0 bridgehead atoms. The van der Waals surface area contributed by atoms with Crippen molar-refractivity contribution in [2.75, 3.05) is 17.7 Å². The average Bonchev–Trinajstić information content (AvgIpc) is 2.92. The van der Waals surface area contributed by atoms with Gasteiger partial charge in [-0.15, -0.1) is 0 Å². The van der Waals surface area contributed by atoms with Gasteiger partial charge < -0.3 is 16.2 Å². The van der Waals surface area contributed by atoms with E-state index in [4.69, 9.17) is 5.73 Å². The summed E-state index contributed by atoms with van der Waals surface area (Å²) in [7, 11) is 0. The van der Waals surface area contributed by atoms with Gasteiger partial charge >= 0.3 is 0 Å². The predicted octanol–water partition coefficient (Wildman–Crippen LogP) is 2.29. The van der Waals surface area contributed by atoms with Crippen molar-refractivity contribution in [3.8, 4) is 0 Å². The maximum Gasteiger partial charge on any atom is 0.0745 e. The molecule has 0 aliphatic rings. The highest BCUT2D eigenvalue weighted by atomic mass is 16.3. The van der Waals surface area contributed by atoms with E-state index in [0.717, 1.165) is 22.2 Å². The van der Waals surface area contributed by atoms with Crippen LogP contribution in [0.3, 0.4) is 0 Å². The number of aromatic amines is 1. The molecule has 2 aromatic carbocycles. The molecule has 0 aliphatic heterocycles. The first kappa shape index (κ1) is 12.5. The summed E-state index contributed by atoms with van der Waals surface area (Å²) in [5.41, 5.74) is 9.38. The fourth-order valence-corrected chi connectivity index (χ4v) is 2.24. The number of aliphatic hydroxyl groups is 1. The maximum atomic E-state index is 9.58. The Morgan fingerprint density at radius 2 is 2.05 bits per heavy atom. The fourth-order valence-electron chi connectivity index (χ4n) is 2.24. The maximum absolute atomic E-state index is 9.58. The van der Waals surface area contributed by atoms with Crippen LogP contribution in [0.1, 0.15) is 11.6 Å². The lowest BCUT2D eigenvalue weighted by atomic mass is 10.1. The Balaban J connectivity index is 1.92. The Kier molecular flexibility index (Phi) is 3.26. The minimum absolute atomic E-state index is 0.00946. The second-order valence-corrected chi connectivity index (χ2v) is 4.69. The molecular formula is C15H16N4O. The Morgan fingerprint density at radius 3 is 2.80 bits per heavy atom. The number of aromatic nitrogens is 2. The minimum atomic E-state index is -0.195. The van der Waals surface area contributed by atoms with Crippen molar-refractivity contribution in [3.05, 3.63) is 54.2 Å². The molecule has 1 aromatic heterocycles. The van der Waals surface area contributed by atoms with Crippen molar-refractivity contribution >= 4 is 22.3 Å². The first-order chi connectivity index (χ1) is 9.78. The van der Waals surface area contributed by atoms with E-state index >= 15 is 0 Å². The van der Waals surface area contributed by atoms with E-state index in [0.29, 0.717) is 5.69 Å². The topological polar surface area (TPSA) is 87.0 Å². The van der Waals surface area contributed by atoms with Gasteiger partial charge in [-0.3, -0.25) is 5.10 Å². The zero-order chi connectivity index (χ0) is 13.9. The summed E-state index contributed by atoms with van der Waals surface area (Å²) >= 11 is 0. The van der Waals surface area contributed by atoms with Gasteiger partial charge in [-0.05, 0) is 17.7 Å². The largest absolute Gasteiger partial charge is 0.397 e. The normalized spacial score (nSPS) is 12.4. The van der Waals surface area contributed by atoms with Crippen molar-refractivity contribution in [2.24, 2.45) is 0 Å². The van der Waals surface area contributed by atoms with Crippen LogP contribution >= 0.6 is 0 Å². The number of hydrogen-bond donors (Lipinski definition) is 4.